The maximum absolute atomic E-state index is 6.10. The highest BCUT2D eigenvalue weighted by Crippen LogP contribution is 2.25. The molecule has 6 heteroatoms. The molecule has 0 atom stereocenters. The number of nitrogens with one attached hydrogen (secondary N) is 1. The third-order valence-electron chi connectivity index (χ3n) is 2.68. The molecule has 0 unspecified atom stereocenters. The van der Waals surface area contributed by atoms with E-state index in [0.717, 1.165) is 31.6 Å². The average molecular weight is 321 g/mol. The maximum atomic E-state index is 6.10. The van der Waals surface area contributed by atoms with Crippen molar-refractivity contribution in [3.63, 3.8) is 0 Å². The molecule has 0 saturated heterocycles. The number of imidazole rings is 1. The van der Waals surface area contributed by atoms with Crippen LogP contribution in [0.25, 0.3) is 0 Å². The average Bonchev–Trinajstić information content (AvgIpc) is 2.87. The first-order valence-corrected chi connectivity index (χ1v) is 6.62. The van der Waals surface area contributed by atoms with Gasteiger partial charge in [0, 0.05) is 25.5 Å². The summed E-state index contributed by atoms with van der Waals surface area (Å²) in [5.74, 6) is 0. The summed E-state index contributed by atoms with van der Waals surface area (Å²) >= 11 is 12.1. The van der Waals surface area contributed by atoms with Crippen molar-refractivity contribution in [1.29, 1.82) is 0 Å². The largest absolute Gasteiger partial charge is 0.337 e. The lowest BCUT2D eigenvalue weighted by Gasteiger charge is -2.08. The fraction of sp³-hybridized carbons (Fsp3) is 0.308. The summed E-state index contributed by atoms with van der Waals surface area (Å²) < 4.78 is 2.06. The van der Waals surface area contributed by atoms with E-state index in [2.05, 4.69) is 14.9 Å². The van der Waals surface area contributed by atoms with Crippen LogP contribution in [-0.4, -0.2) is 16.1 Å². The first-order valence-electron chi connectivity index (χ1n) is 5.86. The lowest BCUT2D eigenvalue weighted by atomic mass is 10.2. The highest BCUT2D eigenvalue weighted by molar-refractivity contribution is 6.42. The summed E-state index contributed by atoms with van der Waals surface area (Å²) in [6.07, 6.45) is 6.63. The van der Waals surface area contributed by atoms with Crippen molar-refractivity contribution in [2.75, 3.05) is 6.54 Å². The lowest BCUT2D eigenvalue weighted by Crippen LogP contribution is -2.16. The molecule has 1 aromatic heterocycles. The fourth-order valence-electron chi connectivity index (χ4n) is 1.71. The lowest BCUT2D eigenvalue weighted by molar-refractivity contribution is 0.581. The molecule has 0 aliphatic rings. The van der Waals surface area contributed by atoms with Crippen molar-refractivity contribution in [3.8, 4) is 0 Å². The van der Waals surface area contributed by atoms with Crippen LogP contribution in [0.2, 0.25) is 10.0 Å². The van der Waals surface area contributed by atoms with Gasteiger partial charge in [0.1, 0.15) is 0 Å². The quantitative estimate of drug-likeness (QED) is 0.821. The molecule has 0 bridgehead atoms. The van der Waals surface area contributed by atoms with Crippen LogP contribution in [0.4, 0.5) is 0 Å². The van der Waals surface area contributed by atoms with Gasteiger partial charge in [-0.05, 0) is 24.6 Å². The number of benzene rings is 1. The number of aryl methyl sites for hydroxylation is 1. The van der Waals surface area contributed by atoms with Crippen LogP contribution in [0, 0.1) is 0 Å². The molecule has 0 aliphatic carbocycles. The molecule has 1 heterocycles. The van der Waals surface area contributed by atoms with Gasteiger partial charge in [0.2, 0.25) is 0 Å². The predicted octanol–water partition coefficient (Wildman–Crippen LogP) is 3.79. The number of halogens is 3. The van der Waals surface area contributed by atoms with Crippen molar-refractivity contribution in [3.05, 3.63) is 52.5 Å². The topological polar surface area (TPSA) is 29.9 Å². The first-order chi connectivity index (χ1) is 8.77. The Balaban J connectivity index is 0.00000180. The van der Waals surface area contributed by atoms with Gasteiger partial charge < -0.3 is 9.88 Å². The van der Waals surface area contributed by atoms with Gasteiger partial charge in [-0.25, -0.2) is 4.98 Å². The normalized spacial score (nSPS) is 10.2. The maximum Gasteiger partial charge on any atom is 0.0945 e. The molecule has 1 aromatic carbocycles. The molecule has 0 radical (unpaired) electrons. The Labute approximate surface area is 129 Å². The van der Waals surface area contributed by atoms with Crippen molar-refractivity contribution < 1.29 is 0 Å². The molecule has 2 aromatic rings. The van der Waals surface area contributed by atoms with Gasteiger partial charge in [0.15, 0.2) is 0 Å². The van der Waals surface area contributed by atoms with E-state index in [-0.39, 0.29) is 12.4 Å². The van der Waals surface area contributed by atoms with Gasteiger partial charge in [-0.3, -0.25) is 0 Å². The summed E-state index contributed by atoms with van der Waals surface area (Å²) in [6, 6.07) is 5.69. The fourth-order valence-corrected chi connectivity index (χ4v) is 2.10. The van der Waals surface area contributed by atoms with Crippen LogP contribution < -0.4 is 5.32 Å². The number of nitrogens with zero attached hydrogens (tertiary/aromatic N) is 2. The summed E-state index contributed by atoms with van der Waals surface area (Å²) in [5, 5.41) is 4.60. The molecule has 104 valence electrons. The van der Waals surface area contributed by atoms with Gasteiger partial charge in [0.25, 0.3) is 0 Å². The molecule has 3 nitrogen and oxygen atoms in total. The number of hydrogen-bond acceptors (Lipinski definition) is 2. The van der Waals surface area contributed by atoms with E-state index < -0.39 is 0 Å². The van der Waals surface area contributed by atoms with Crippen LogP contribution in [0.1, 0.15) is 12.0 Å². The van der Waals surface area contributed by atoms with Crippen LogP contribution >= 0.6 is 35.6 Å². The summed E-state index contributed by atoms with van der Waals surface area (Å²) in [4.78, 5) is 4.00. The summed E-state index contributed by atoms with van der Waals surface area (Å²) in [7, 11) is 0. The van der Waals surface area contributed by atoms with Crippen molar-refractivity contribution in [1.82, 2.24) is 14.9 Å². The van der Waals surface area contributed by atoms with Crippen molar-refractivity contribution >= 4 is 35.6 Å². The van der Waals surface area contributed by atoms with Crippen LogP contribution in [0.15, 0.2) is 36.9 Å². The van der Waals surface area contributed by atoms with Crippen molar-refractivity contribution in [2.45, 2.75) is 19.5 Å². The van der Waals surface area contributed by atoms with Gasteiger partial charge in [0.05, 0.1) is 16.4 Å². The summed E-state index contributed by atoms with van der Waals surface area (Å²) in [6.45, 7) is 2.64. The second-order valence-electron chi connectivity index (χ2n) is 4.04. The van der Waals surface area contributed by atoms with Gasteiger partial charge in [-0.2, -0.15) is 0 Å². The summed E-state index contributed by atoms with van der Waals surface area (Å²) in [5.41, 5.74) is 1.03. The standard InChI is InChI=1S/C13H15Cl2N3.ClH/c14-12-4-1-3-11(13(12)15)9-16-5-2-7-18-8-6-17-10-18;/h1,3-4,6,8,10,16H,2,5,7,9H2;1H. The molecule has 0 saturated carbocycles. The number of rotatable bonds is 6. The van der Waals surface area contributed by atoms with E-state index in [4.69, 9.17) is 23.2 Å². The minimum Gasteiger partial charge on any atom is -0.337 e. The van der Waals surface area contributed by atoms with Crippen LogP contribution in [-0.2, 0) is 13.1 Å². The van der Waals surface area contributed by atoms with E-state index >= 15 is 0 Å². The Bertz CT molecular complexity index is 486. The monoisotopic (exact) mass is 319 g/mol. The molecular weight excluding hydrogens is 305 g/mol. The zero-order valence-corrected chi connectivity index (χ0v) is 12.7. The second kappa shape index (κ2) is 8.43. The van der Waals surface area contributed by atoms with Crippen molar-refractivity contribution in [2.24, 2.45) is 0 Å². The Morgan fingerprint density at radius 1 is 1.26 bits per heavy atom. The number of aromatic nitrogens is 2. The van der Waals surface area contributed by atoms with Gasteiger partial charge in [-0.1, -0.05) is 35.3 Å². The van der Waals surface area contributed by atoms with Crippen LogP contribution in [0.5, 0.6) is 0 Å². The minimum absolute atomic E-state index is 0. The Morgan fingerprint density at radius 3 is 2.84 bits per heavy atom. The molecule has 19 heavy (non-hydrogen) atoms. The Morgan fingerprint density at radius 2 is 2.11 bits per heavy atom. The van der Waals surface area contributed by atoms with E-state index in [9.17, 15) is 0 Å². The predicted molar refractivity (Wildman–Crippen MR) is 82.3 cm³/mol. The molecule has 0 aliphatic heterocycles. The highest BCUT2D eigenvalue weighted by Gasteiger charge is 2.03. The third kappa shape index (κ3) is 5.03. The molecular formula is C13H16Cl3N3. The Kier molecular flexibility index (Phi) is 7.24. The molecule has 0 fully saturated rings. The Hall–Kier alpha value is -0.740. The SMILES string of the molecule is Cl.Clc1cccc(CNCCCn2ccnc2)c1Cl. The molecule has 0 amide bonds. The van der Waals surface area contributed by atoms with E-state index in [1.54, 1.807) is 12.3 Å². The first kappa shape index (κ1) is 16.3. The zero-order valence-electron chi connectivity index (χ0n) is 10.4. The molecule has 1 N–H and O–H groups in total. The van der Waals surface area contributed by atoms with E-state index in [0.29, 0.717) is 10.0 Å². The highest BCUT2D eigenvalue weighted by atomic mass is 35.5. The third-order valence-corrected chi connectivity index (χ3v) is 3.53. The van der Waals surface area contributed by atoms with E-state index in [1.165, 1.54) is 0 Å². The second-order valence-corrected chi connectivity index (χ2v) is 4.83. The van der Waals surface area contributed by atoms with Gasteiger partial charge in [-0.15, -0.1) is 12.4 Å². The zero-order chi connectivity index (χ0) is 12.8. The van der Waals surface area contributed by atoms with Crippen LogP contribution in [0.3, 0.4) is 0 Å². The number of hydrogen-bond donors (Lipinski definition) is 1. The molecule has 2 rings (SSSR count). The smallest absolute Gasteiger partial charge is 0.0945 e. The molecule has 0 spiro atoms. The minimum atomic E-state index is 0. The van der Waals surface area contributed by atoms with E-state index in [1.807, 2.05) is 24.7 Å². The van der Waals surface area contributed by atoms with Gasteiger partial charge >= 0.3 is 0 Å².